The van der Waals surface area contributed by atoms with Crippen LogP contribution in [0, 0.1) is 13.8 Å². The Balaban J connectivity index is 1.70. The number of hydrogen-bond donors (Lipinski definition) is 0. The highest BCUT2D eigenvalue weighted by atomic mass is 79.9. The fourth-order valence-corrected chi connectivity index (χ4v) is 6.01. The largest absolute Gasteiger partial charge is 0.478 e. The molecule has 5 heteroatoms. The number of carbonyl (C=O) groups is 1. The predicted octanol–water partition coefficient (Wildman–Crippen LogP) is 8.92. The number of esters is 1. The molecule has 0 aliphatic heterocycles. The smallest absolute Gasteiger partial charge is 0.347 e. The van der Waals surface area contributed by atoms with Gasteiger partial charge in [0.25, 0.3) is 0 Å². The molecule has 0 N–H and O–H groups in total. The molecule has 0 aliphatic carbocycles. The summed E-state index contributed by atoms with van der Waals surface area (Å²) in [6.45, 7) is 8.38. The van der Waals surface area contributed by atoms with E-state index in [1.165, 1.54) is 7.11 Å². The van der Waals surface area contributed by atoms with Crippen molar-refractivity contribution in [2.75, 3.05) is 7.11 Å². The molecule has 0 bridgehead atoms. The van der Waals surface area contributed by atoms with E-state index in [2.05, 4.69) is 73.1 Å². The number of furan rings is 1. The van der Waals surface area contributed by atoms with E-state index >= 15 is 0 Å². The molecule has 39 heavy (non-hydrogen) atoms. The summed E-state index contributed by atoms with van der Waals surface area (Å²) >= 11 is 3.82. The number of carbonyl (C=O) groups excluding carboxylic acids is 1. The van der Waals surface area contributed by atoms with E-state index in [0.29, 0.717) is 6.42 Å². The van der Waals surface area contributed by atoms with E-state index in [1.54, 1.807) is 0 Å². The Hall–Kier alpha value is -3.57. The van der Waals surface area contributed by atoms with Crippen molar-refractivity contribution in [2.24, 2.45) is 0 Å². The van der Waals surface area contributed by atoms with Crippen molar-refractivity contribution in [1.82, 2.24) is 0 Å². The molecule has 4 nitrogen and oxygen atoms in total. The Morgan fingerprint density at radius 3 is 2.15 bits per heavy atom. The number of rotatable bonds is 8. The van der Waals surface area contributed by atoms with Gasteiger partial charge >= 0.3 is 5.97 Å². The standard InChI is InChI=1S/C34H33BrO4/c1-6-23-18-25(30-26-15-11-12-16-27(26)31(35)33-29(30)20(3)21(4)38-33)19-24(7-2)32(23)39-28(34(36)37-5)17-22-13-9-8-10-14-22/h8-16,18-19,28H,6-7,17H2,1-5H3. The second-order valence-corrected chi connectivity index (χ2v) is 10.7. The van der Waals surface area contributed by atoms with Crippen LogP contribution in [0.1, 0.15) is 41.9 Å². The molecule has 0 saturated heterocycles. The van der Waals surface area contributed by atoms with Gasteiger partial charge in [0.05, 0.1) is 11.6 Å². The third-order valence-corrected chi connectivity index (χ3v) is 8.34. The lowest BCUT2D eigenvalue weighted by Crippen LogP contribution is -2.31. The van der Waals surface area contributed by atoms with Crippen LogP contribution in [0.4, 0.5) is 0 Å². The number of benzene rings is 4. The van der Waals surface area contributed by atoms with Gasteiger partial charge in [-0.3, -0.25) is 0 Å². The molecule has 0 amide bonds. The van der Waals surface area contributed by atoms with Gasteiger partial charge < -0.3 is 13.9 Å². The minimum absolute atomic E-state index is 0.378. The summed E-state index contributed by atoms with van der Waals surface area (Å²) in [6.07, 6.45) is 1.22. The van der Waals surface area contributed by atoms with Crippen molar-refractivity contribution < 1.29 is 18.7 Å². The average Bonchev–Trinajstić information content (AvgIpc) is 3.27. The monoisotopic (exact) mass is 584 g/mol. The highest BCUT2D eigenvalue weighted by Gasteiger charge is 2.26. The maximum absolute atomic E-state index is 12.8. The summed E-state index contributed by atoms with van der Waals surface area (Å²) < 4.78 is 18.9. The molecule has 0 radical (unpaired) electrons. The van der Waals surface area contributed by atoms with Crippen LogP contribution in [-0.4, -0.2) is 19.2 Å². The van der Waals surface area contributed by atoms with Crippen molar-refractivity contribution in [2.45, 2.75) is 53.1 Å². The Labute approximate surface area is 238 Å². The molecule has 5 rings (SSSR count). The Morgan fingerprint density at radius 2 is 1.54 bits per heavy atom. The van der Waals surface area contributed by atoms with Gasteiger partial charge in [-0.15, -0.1) is 0 Å². The van der Waals surface area contributed by atoms with Crippen molar-refractivity contribution in [1.29, 1.82) is 0 Å². The molecule has 1 heterocycles. The zero-order valence-electron chi connectivity index (χ0n) is 23.1. The summed E-state index contributed by atoms with van der Waals surface area (Å²) in [5.41, 5.74) is 7.42. The molecule has 1 atom stereocenters. The van der Waals surface area contributed by atoms with Gasteiger partial charge in [0, 0.05) is 22.8 Å². The molecule has 0 spiro atoms. The van der Waals surface area contributed by atoms with Gasteiger partial charge in [-0.05, 0) is 88.0 Å². The fraction of sp³-hybridized carbons (Fsp3) is 0.265. The summed E-state index contributed by atoms with van der Waals surface area (Å²) in [7, 11) is 1.41. The van der Waals surface area contributed by atoms with E-state index in [9.17, 15) is 4.79 Å². The second kappa shape index (κ2) is 11.3. The first kappa shape index (κ1) is 27.0. The van der Waals surface area contributed by atoms with Crippen LogP contribution in [0.25, 0.3) is 32.9 Å². The van der Waals surface area contributed by atoms with Gasteiger partial charge in [-0.25, -0.2) is 4.79 Å². The van der Waals surface area contributed by atoms with E-state index in [-0.39, 0.29) is 5.97 Å². The minimum Gasteiger partial charge on any atom is -0.478 e. The topological polar surface area (TPSA) is 48.7 Å². The van der Waals surface area contributed by atoms with Crippen LogP contribution in [-0.2, 0) is 28.8 Å². The van der Waals surface area contributed by atoms with Crippen LogP contribution in [0.15, 0.2) is 75.6 Å². The molecule has 4 aromatic carbocycles. The van der Waals surface area contributed by atoms with Crippen LogP contribution in [0.3, 0.4) is 0 Å². The highest BCUT2D eigenvalue weighted by Crippen LogP contribution is 2.46. The number of halogens is 1. The van der Waals surface area contributed by atoms with Crippen LogP contribution < -0.4 is 4.74 Å². The molecule has 1 unspecified atom stereocenters. The lowest BCUT2D eigenvalue weighted by molar-refractivity contribution is -0.148. The SMILES string of the molecule is CCc1cc(-c2c3ccccc3c(Br)c3oc(C)c(C)c23)cc(CC)c1OC(Cc1ccccc1)C(=O)OC. The number of ether oxygens (including phenoxy) is 2. The van der Waals surface area contributed by atoms with Crippen molar-refractivity contribution in [3.8, 4) is 16.9 Å². The number of methoxy groups -OCH3 is 1. The van der Waals surface area contributed by atoms with Crippen LogP contribution >= 0.6 is 15.9 Å². The van der Waals surface area contributed by atoms with Gasteiger partial charge in [0.15, 0.2) is 6.10 Å². The maximum Gasteiger partial charge on any atom is 0.347 e. The van der Waals surface area contributed by atoms with E-state index in [1.807, 2.05) is 37.3 Å². The summed E-state index contributed by atoms with van der Waals surface area (Å²) in [6, 6.07) is 22.8. The molecular formula is C34H33BrO4. The number of aryl methyl sites for hydroxylation is 4. The van der Waals surface area contributed by atoms with Gasteiger partial charge in [0.2, 0.25) is 0 Å². The Morgan fingerprint density at radius 1 is 0.923 bits per heavy atom. The number of fused-ring (bicyclic) bond motifs is 2. The number of hydrogen-bond acceptors (Lipinski definition) is 4. The second-order valence-electron chi connectivity index (χ2n) is 9.87. The Kier molecular flexibility index (Phi) is 7.81. The molecular weight excluding hydrogens is 552 g/mol. The van der Waals surface area contributed by atoms with Crippen molar-refractivity contribution in [3.63, 3.8) is 0 Å². The quantitative estimate of drug-likeness (QED) is 0.171. The normalized spacial score (nSPS) is 12.2. The molecule has 0 saturated carbocycles. The molecule has 200 valence electrons. The first-order chi connectivity index (χ1) is 18.9. The lowest BCUT2D eigenvalue weighted by Gasteiger charge is -2.23. The average molecular weight is 586 g/mol. The highest BCUT2D eigenvalue weighted by molar-refractivity contribution is 9.10. The summed E-state index contributed by atoms with van der Waals surface area (Å²) in [5.74, 6) is 1.31. The van der Waals surface area contributed by atoms with Gasteiger partial charge in [0.1, 0.15) is 17.1 Å². The first-order valence-electron chi connectivity index (χ1n) is 13.4. The van der Waals surface area contributed by atoms with E-state index in [4.69, 9.17) is 13.9 Å². The third-order valence-electron chi connectivity index (χ3n) is 7.55. The molecule has 0 aliphatic rings. The van der Waals surface area contributed by atoms with E-state index < -0.39 is 6.10 Å². The van der Waals surface area contributed by atoms with Crippen LogP contribution in [0.5, 0.6) is 5.75 Å². The lowest BCUT2D eigenvalue weighted by atomic mass is 9.89. The predicted molar refractivity (Wildman–Crippen MR) is 162 cm³/mol. The fourth-order valence-electron chi connectivity index (χ4n) is 5.38. The van der Waals surface area contributed by atoms with Gasteiger partial charge in [-0.2, -0.15) is 0 Å². The third kappa shape index (κ3) is 4.96. The van der Waals surface area contributed by atoms with Crippen LogP contribution in [0.2, 0.25) is 0 Å². The minimum atomic E-state index is -0.738. The summed E-state index contributed by atoms with van der Waals surface area (Å²) in [5, 5.41) is 3.39. The van der Waals surface area contributed by atoms with Crippen molar-refractivity contribution in [3.05, 3.63) is 99.2 Å². The maximum atomic E-state index is 12.8. The Bertz CT molecular complexity index is 1640. The first-order valence-corrected chi connectivity index (χ1v) is 14.2. The van der Waals surface area contributed by atoms with E-state index in [0.717, 1.165) is 83.9 Å². The molecule has 0 fully saturated rings. The molecule has 5 aromatic rings. The van der Waals surface area contributed by atoms with Gasteiger partial charge in [-0.1, -0.05) is 68.4 Å². The van der Waals surface area contributed by atoms with Crippen molar-refractivity contribution >= 4 is 43.6 Å². The summed E-state index contributed by atoms with van der Waals surface area (Å²) in [4.78, 5) is 12.8. The zero-order valence-corrected chi connectivity index (χ0v) is 24.6. The zero-order chi connectivity index (χ0) is 27.7. The molecule has 1 aromatic heterocycles.